The van der Waals surface area contributed by atoms with Gasteiger partial charge in [-0.15, -0.1) is 0 Å². The van der Waals surface area contributed by atoms with Crippen LogP contribution in [-0.2, 0) is 6.42 Å². The van der Waals surface area contributed by atoms with E-state index in [1.165, 1.54) is 28.7 Å². The fourth-order valence-electron chi connectivity index (χ4n) is 2.18. The summed E-state index contributed by atoms with van der Waals surface area (Å²) < 4.78 is 1.15. The molecule has 0 bridgehead atoms. The molecule has 0 aliphatic heterocycles. The molecule has 0 radical (unpaired) electrons. The first-order chi connectivity index (χ1) is 9.11. The summed E-state index contributed by atoms with van der Waals surface area (Å²) in [5.74, 6) is 0. The maximum Gasteiger partial charge on any atom is 0.0655 e. The van der Waals surface area contributed by atoms with Gasteiger partial charge in [-0.1, -0.05) is 87.2 Å². The smallest absolute Gasteiger partial charge is 0.0655 e. The fourth-order valence-corrected chi connectivity index (χ4v) is 3.65. The normalized spacial score (nSPS) is 12.4. The van der Waals surface area contributed by atoms with Crippen LogP contribution in [0, 0.1) is 6.92 Å². The first-order valence-corrected chi connectivity index (χ1v) is 8.31. The molecule has 2 aromatic carbocycles. The molecule has 0 heterocycles. The number of aryl methyl sites for hydroxylation is 2. The van der Waals surface area contributed by atoms with Crippen LogP contribution in [-0.4, -0.2) is 0 Å². The number of halogens is 2. The summed E-state index contributed by atoms with van der Waals surface area (Å²) >= 11 is 7.45. The van der Waals surface area contributed by atoms with Crippen molar-refractivity contribution in [1.82, 2.24) is 0 Å². The minimum atomic E-state index is 0.234. The van der Waals surface area contributed by atoms with Crippen molar-refractivity contribution < 1.29 is 0 Å². The lowest BCUT2D eigenvalue weighted by atomic mass is 10.0. The highest BCUT2D eigenvalue weighted by atomic mass is 79.9. The first kappa shape index (κ1) is 14.8. The van der Waals surface area contributed by atoms with Crippen molar-refractivity contribution in [2.75, 3.05) is 0 Å². The monoisotopic (exact) mass is 380 g/mol. The minimum absolute atomic E-state index is 0.234. The van der Waals surface area contributed by atoms with Gasteiger partial charge in [0.05, 0.1) is 4.83 Å². The van der Waals surface area contributed by atoms with E-state index in [4.69, 9.17) is 0 Å². The molecule has 1 atom stereocenters. The molecule has 0 fully saturated rings. The number of benzene rings is 2. The topological polar surface area (TPSA) is 0 Å². The van der Waals surface area contributed by atoms with Gasteiger partial charge in [-0.3, -0.25) is 0 Å². The lowest BCUT2D eigenvalue weighted by Crippen LogP contribution is -1.95. The molecule has 0 saturated carbocycles. The Morgan fingerprint density at radius 3 is 2.37 bits per heavy atom. The second kappa shape index (κ2) is 6.71. The number of rotatable bonds is 4. The van der Waals surface area contributed by atoms with Gasteiger partial charge in [0, 0.05) is 4.47 Å². The highest BCUT2D eigenvalue weighted by Gasteiger charge is 2.13. The Hall–Kier alpha value is -0.600. The average molecular weight is 382 g/mol. The molecule has 0 saturated heterocycles. The van der Waals surface area contributed by atoms with Crippen LogP contribution < -0.4 is 0 Å². The molecule has 2 rings (SSSR count). The van der Waals surface area contributed by atoms with E-state index in [0.717, 1.165) is 10.9 Å². The third-order valence-electron chi connectivity index (χ3n) is 3.24. The van der Waals surface area contributed by atoms with Gasteiger partial charge in [0.15, 0.2) is 0 Å². The van der Waals surface area contributed by atoms with Gasteiger partial charge >= 0.3 is 0 Å². The molecule has 0 nitrogen and oxygen atoms in total. The van der Waals surface area contributed by atoms with Crippen LogP contribution in [0.5, 0.6) is 0 Å². The highest BCUT2D eigenvalue weighted by molar-refractivity contribution is 9.11. The molecule has 0 aliphatic carbocycles. The Morgan fingerprint density at radius 2 is 1.74 bits per heavy atom. The molecule has 0 aromatic heterocycles. The van der Waals surface area contributed by atoms with E-state index in [1.54, 1.807) is 0 Å². The van der Waals surface area contributed by atoms with Crippen LogP contribution in [0.3, 0.4) is 0 Å². The van der Waals surface area contributed by atoms with Crippen LogP contribution in [0.15, 0.2) is 46.9 Å². The summed E-state index contributed by atoms with van der Waals surface area (Å²) in [4.78, 5) is 0.234. The van der Waals surface area contributed by atoms with Gasteiger partial charge in [-0.25, -0.2) is 0 Å². The van der Waals surface area contributed by atoms with E-state index in [0.29, 0.717) is 0 Å². The summed E-state index contributed by atoms with van der Waals surface area (Å²) in [5, 5.41) is 0. The standard InChI is InChI=1S/C17H18Br2/c1-3-4-13-6-8-14(9-7-13)17(19)15-11-12(2)5-10-16(15)18/h5-11,17H,3-4H2,1-2H3. The summed E-state index contributed by atoms with van der Waals surface area (Å²) in [5.41, 5.74) is 5.27. The van der Waals surface area contributed by atoms with Gasteiger partial charge in [-0.2, -0.15) is 0 Å². The van der Waals surface area contributed by atoms with Crippen LogP contribution in [0.25, 0.3) is 0 Å². The van der Waals surface area contributed by atoms with Crippen molar-refractivity contribution in [3.05, 3.63) is 69.2 Å². The molecule has 0 amide bonds. The van der Waals surface area contributed by atoms with E-state index >= 15 is 0 Å². The predicted octanol–water partition coefficient (Wildman–Crippen LogP) is 6.19. The molecule has 100 valence electrons. The number of hydrogen-bond donors (Lipinski definition) is 0. The Balaban J connectivity index is 2.27. The van der Waals surface area contributed by atoms with Crippen molar-refractivity contribution in [2.45, 2.75) is 31.5 Å². The predicted molar refractivity (Wildman–Crippen MR) is 90.1 cm³/mol. The Bertz CT molecular complexity index is 544. The van der Waals surface area contributed by atoms with Crippen molar-refractivity contribution in [3.63, 3.8) is 0 Å². The van der Waals surface area contributed by atoms with Gasteiger partial charge < -0.3 is 0 Å². The maximum atomic E-state index is 3.81. The lowest BCUT2D eigenvalue weighted by molar-refractivity contribution is 0.920. The second-order valence-electron chi connectivity index (χ2n) is 4.88. The number of alkyl halides is 1. The van der Waals surface area contributed by atoms with E-state index in [2.05, 4.69) is 88.2 Å². The molecule has 0 aliphatic rings. The van der Waals surface area contributed by atoms with Crippen LogP contribution in [0.2, 0.25) is 0 Å². The highest BCUT2D eigenvalue weighted by Crippen LogP contribution is 2.35. The summed E-state index contributed by atoms with van der Waals surface area (Å²) in [7, 11) is 0. The summed E-state index contributed by atoms with van der Waals surface area (Å²) in [6.07, 6.45) is 2.35. The maximum absolute atomic E-state index is 3.81. The fraction of sp³-hybridized carbons (Fsp3) is 0.294. The van der Waals surface area contributed by atoms with E-state index < -0.39 is 0 Å². The molecular formula is C17H18Br2. The van der Waals surface area contributed by atoms with Gasteiger partial charge in [0.2, 0.25) is 0 Å². The second-order valence-corrected chi connectivity index (χ2v) is 6.65. The Morgan fingerprint density at radius 1 is 1.05 bits per heavy atom. The molecule has 0 N–H and O–H groups in total. The van der Waals surface area contributed by atoms with Crippen molar-refractivity contribution >= 4 is 31.9 Å². The summed E-state index contributed by atoms with van der Waals surface area (Å²) in [6, 6.07) is 15.4. The van der Waals surface area contributed by atoms with Crippen LogP contribution >= 0.6 is 31.9 Å². The third-order valence-corrected chi connectivity index (χ3v) is 4.98. The molecule has 1 unspecified atom stereocenters. The third kappa shape index (κ3) is 3.70. The Labute approximate surface area is 132 Å². The zero-order chi connectivity index (χ0) is 13.8. The molecular weight excluding hydrogens is 364 g/mol. The molecule has 2 heteroatoms. The van der Waals surface area contributed by atoms with E-state index in [-0.39, 0.29) is 4.83 Å². The SMILES string of the molecule is CCCc1ccc(C(Br)c2cc(C)ccc2Br)cc1. The van der Waals surface area contributed by atoms with E-state index in [1.807, 2.05) is 0 Å². The Kier molecular flexibility index (Phi) is 5.23. The minimum Gasteiger partial charge on any atom is -0.0786 e. The first-order valence-electron chi connectivity index (χ1n) is 6.60. The van der Waals surface area contributed by atoms with Gasteiger partial charge in [-0.05, 0) is 36.1 Å². The van der Waals surface area contributed by atoms with Crippen LogP contribution in [0.1, 0.15) is 40.4 Å². The average Bonchev–Trinajstić information content (AvgIpc) is 2.42. The van der Waals surface area contributed by atoms with Crippen molar-refractivity contribution in [3.8, 4) is 0 Å². The van der Waals surface area contributed by atoms with Crippen molar-refractivity contribution in [1.29, 1.82) is 0 Å². The number of hydrogen-bond acceptors (Lipinski definition) is 0. The lowest BCUT2D eigenvalue weighted by Gasteiger charge is -2.14. The molecule has 0 spiro atoms. The van der Waals surface area contributed by atoms with Crippen LogP contribution in [0.4, 0.5) is 0 Å². The largest absolute Gasteiger partial charge is 0.0786 e. The van der Waals surface area contributed by atoms with E-state index in [9.17, 15) is 0 Å². The summed E-state index contributed by atoms with van der Waals surface area (Å²) in [6.45, 7) is 4.34. The molecule has 2 aromatic rings. The van der Waals surface area contributed by atoms with Crippen molar-refractivity contribution in [2.24, 2.45) is 0 Å². The quantitative estimate of drug-likeness (QED) is 0.553. The molecule has 19 heavy (non-hydrogen) atoms. The van der Waals surface area contributed by atoms with Gasteiger partial charge in [0.1, 0.15) is 0 Å². The zero-order valence-electron chi connectivity index (χ0n) is 11.3. The zero-order valence-corrected chi connectivity index (χ0v) is 14.5. The van der Waals surface area contributed by atoms with Gasteiger partial charge in [0.25, 0.3) is 0 Å².